The molecule has 0 radical (unpaired) electrons. The molecule has 2 heterocycles. The third-order valence-electron chi connectivity index (χ3n) is 2.72. The third-order valence-corrected chi connectivity index (χ3v) is 3.36. The fraction of sp³-hybridized carbons (Fsp3) is 1.00. The summed E-state index contributed by atoms with van der Waals surface area (Å²) in [6.45, 7) is 3.50. The van der Waals surface area contributed by atoms with Gasteiger partial charge in [0.1, 0.15) is 12.2 Å². The molecule has 1 unspecified atom stereocenters. The van der Waals surface area contributed by atoms with Gasteiger partial charge in [0.15, 0.2) is 18.2 Å². The smallest absolute Gasteiger partial charge is 0.387 e. The Balaban J connectivity index is 1.92. The van der Waals surface area contributed by atoms with Crippen LogP contribution in [0.15, 0.2) is 0 Å². The van der Waals surface area contributed by atoms with Gasteiger partial charge in [-0.05, 0) is 18.4 Å². The first-order valence-electron chi connectivity index (χ1n) is 5.22. The van der Waals surface area contributed by atoms with Gasteiger partial charge in [0.25, 0.3) is 0 Å². The van der Waals surface area contributed by atoms with Gasteiger partial charge in [-0.2, -0.15) is 4.89 Å². The topological polar surface area (TPSA) is 85.2 Å². The molecule has 0 aromatic heterocycles. The average Bonchev–Trinajstić information content (AvgIpc) is 2.58. The first-order chi connectivity index (χ1) is 7.39. The van der Waals surface area contributed by atoms with Crippen LogP contribution < -0.4 is 0 Å². The van der Waals surface area contributed by atoms with Gasteiger partial charge in [-0.25, -0.2) is 0 Å². The minimum absolute atomic E-state index is 0.111. The van der Waals surface area contributed by atoms with Crippen LogP contribution in [0, 0.1) is 0 Å². The van der Waals surface area contributed by atoms with Gasteiger partial charge in [-0.3, -0.25) is 0 Å². The van der Waals surface area contributed by atoms with E-state index in [1.54, 1.807) is 13.8 Å². The Morgan fingerprint density at radius 3 is 2.62 bits per heavy atom. The maximum absolute atomic E-state index is 10.6. The Morgan fingerprint density at radius 2 is 2.06 bits per heavy atom. The highest BCUT2D eigenvalue weighted by molar-refractivity contribution is 7.37. The second-order valence-corrected chi connectivity index (χ2v) is 5.65. The number of aliphatic hydroxyl groups is 1. The van der Waals surface area contributed by atoms with Gasteiger partial charge in [-0.1, -0.05) is 0 Å². The zero-order chi connectivity index (χ0) is 11.9. The van der Waals surface area contributed by atoms with E-state index in [2.05, 4.69) is 0 Å². The lowest BCUT2D eigenvalue weighted by Crippen LogP contribution is -2.34. The van der Waals surface area contributed by atoms with Crippen molar-refractivity contribution in [3.05, 3.63) is 0 Å². The van der Waals surface area contributed by atoms with E-state index < -0.39 is 38.4 Å². The number of hydrogen-bond acceptors (Lipinski definition) is 5. The van der Waals surface area contributed by atoms with Crippen LogP contribution in [-0.4, -0.2) is 46.6 Å². The van der Waals surface area contributed by atoms with Crippen molar-refractivity contribution in [3.8, 4) is 0 Å². The summed E-state index contributed by atoms with van der Waals surface area (Å²) in [6.07, 6.45) is -1.94. The second-order valence-electron chi connectivity index (χ2n) is 4.50. The van der Waals surface area contributed by atoms with Crippen LogP contribution in [0.3, 0.4) is 0 Å². The molecule has 2 saturated heterocycles. The lowest BCUT2D eigenvalue weighted by atomic mass is 10.1. The summed E-state index contributed by atoms with van der Waals surface area (Å²) in [6, 6.07) is 0. The van der Waals surface area contributed by atoms with Crippen LogP contribution in [0.2, 0.25) is 0 Å². The standard InChI is InChI=1S/C9H15O6P/c1-9(2)14-7-6(10)5(3-4-16(11)12)13-8(7)15-9/h5-8,10H,3-4H2,1-2H3/p+1/t5-,6+,7-,8-/m1/s1. The molecule has 2 aliphatic heterocycles. The van der Waals surface area contributed by atoms with Crippen molar-refractivity contribution >= 4 is 8.03 Å². The fourth-order valence-electron chi connectivity index (χ4n) is 2.03. The van der Waals surface area contributed by atoms with Gasteiger partial charge >= 0.3 is 8.03 Å². The highest BCUT2D eigenvalue weighted by atomic mass is 31.1. The molecule has 0 aromatic rings. The van der Waals surface area contributed by atoms with E-state index in [1.165, 1.54) is 0 Å². The summed E-state index contributed by atoms with van der Waals surface area (Å²) in [4.78, 5) is 8.69. The van der Waals surface area contributed by atoms with Crippen molar-refractivity contribution in [1.82, 2.24) is 0 Å². The predicted molar refractivity (Wildman–Crippen MR) is 54.0 cm³/mol. The Labute approximate surface area is 94.4 Å². The monoisotopic (exact) mass is 251 g/mol. The lowest BCUT2D eigenvalue weighted by molar-refractivity contribution is -0.214. The zero-order valence-corrected chi connectivity index (χ0v) is 10.1. The number of ether oxygens (including phenoxy) is 3. The molecule has 16 heavy (non-hydrogen) atoms. The van der Waals surface area contributed by atoms with E-state index in [0.717, 1.165) is 0 Å². The minimum atomic E-state index is -2.19. The van der Waals surface area contributed by atoms with E-state index in [0.29, 0.717) is 6.42 Å². The molecule has 92 valence electrons. The van der Waals surface area contributed by atoms with Crippen LogP contribution in [0.1, 0.15) is 20.3 Å². The number of fused-ring (bicyclic) bond motifs is 1. The molecule has 2 aliphatic rings. The first-order valence-corrected chi connectivity index (χ1v) is 6.61. The Morgan fingerprint density at radius 1 is 1.38 bits per heavy atom. The Hall–Kier alpha value is -0.100. The van der Waals surface area contributed by atoms with Crippen LogP contribution in [0.5, 0.6) is 0 Å². The zero-order valence-electron chi connectivity index (χ0n) is 9.20. The molecular formula is C9H16O6P+. The lowest BCUT2D eigenvalue weighted by Gasteiger charge is -2.22. The molecule has 2 rings (SSSR count). The molecule has 0 bridgehead atoms. The Bertz CT molecular complexity index is 294. The molecule has 0 amide bonds. The van der Waals surface area contributed by atoms with Crippen molar-refractivity contribution in [2.24, 2.45) is 0 Å². The predicted octanol–water partition coefficient (Wildman–Crippen LogP) is 0.348. The molecule has 7 heteroatoms. The van der Waals surface area contributed by atoms with Crippen molar-refractivity contribution in [3.63, 3.8) is 0 Å². The van der Waals surface area contributed by atoms with E-state index >= 15 is 0 Å². The van der Waals surface area contributed by atoms with Gasteiger partial charge in [0, 0.05) is 6.42 Å². The summed E-state index contributed by atoms with van der Waals surface area (Å²) in [7, 11) is -2.19. The minimum Gasteiger partial charge on any atom is -0.387 e. The van der Waals surface area contributed by atoms with Gasteiger partial charge in [-0.15, -0.1) is 0 Å². The summed E-state index contributed by atoms with van der Waals surface area (Å²) in [5, 5.41) is 9.90. The molecule has 2 fully saturated rings. The number of hydrogen-bond donors (Lipinski definition) is 2. The quantitative estimate of drug-likeness (QED) is 0.704. The van der Waals surface area contributed by atoms with Crippen molar-refractivity contribution < 1.29 is 28.8 Å². The normalized spacial score (nSPS) is 42.1. The molecular weight excluding hydrogens is 235 g/mol. The van der Waals surface area contributed by atoms with E-state index in [1.807, 2.05) is 0 Å². The van der Waals surface area contributed by atoms with Crippen LogP contribution in [-0.2, 0) is 18.8 Å². The molecule has 0 aromatic carbocycles. The van der Waals surface area contributed by atoms with Crippen LogP contribution in [0.25, 0.3) is 0 Å². The number of rotatable bonds is 3. The van der Waals surface area contributed by atoms with Crippen LogP contribution in [0.4, 0.5) is 0 Å². The van der Waals surface area contributed by atoms with E-state index in [4.69, 9.17) is 19.1 Å². The highest BCUT2D eigenvalue weighted by Crippen LogP contribution is 2.38. The maximum Gasteiger partial charge on any atom is 0.505 e. The number of aliphatic hydroxyl groups excluding tert-OH is 1. The molecule has 0 saturated carbocycles. The van der Waals surface area contributed by atoms with Crippen molar-refractivity contribution in [2.75, 3.05) is 6.16 Å². The Kier molecular flexibility index (Phi) is 3.32. The van der Waals surface area contributed by atoms with Crippen molar-refractivity contribution in [2.45, 2.75) is 50.7 Å². The molecule has 0 aliphatic carbocycles. The maximum atomic E-state index is 10.6. The molecule has 5 atom stereocenters. The largest absolute Gasteiger partial charge is 0.505 e. The third kappa shape index (κ3) is 2.42. The molecule has 6 nitrogen and oxygen atoms in total. The average molecular weight is 251 g/mol. The summed E-state index contributed by atoms with van der Waals surface area (Å²) >= 11 is 0. The molecule has 2 N–H and O–H groups in total. The van der Waals surface area contributed by atoms with Crippen LogP contribution >= 0.6 is 8.03 Å². The summed E-state index contributed by atoms with van der Waals surface area (Å²) < 4.78 is 26.9. The SMILES string of the molecule is CC1(C)O[C@H]2O[C@H](CC[P+](=O)O)[C@H](O)[C@H]2O1. The second kappa shape index (κ2) is 4.29. The summed E-state index contributed by atoms with van der Waals surface area (Å²) in [5.74, 6) is -0.747. The van der Waals surface area contributed by atoms with Gasteiger partial charge < -0.3 is 19.3 Å². The first kappa shape index (κ1) is 12.4. The van der Waals surface area contributed by atoms with E-state index in [-0.39, 0.29) is 6.16 Å². The van der Waals surface area contributed by atoms with Crippen molar-refractivity contribution in [1.29, 1.82) is 0 Å². The summed E-state index contributed by atoms with van der Waals surface area (Å²) in [5.41, 5.74) is 0. The van der Waals surface area contributed by atoms with Gasteiger partial charge in [0.2, 0.25) is 0 Å². The highest BCUT2D eigenvalue weighted by Gasteiger charge is 2.54. The van der Waals surface area contributed by atoms with Gasteiger partial charge in [0.05, 0.1) is 6.10 Å². The molecule has 0 spiro atoms. The van der Waals surface area contributed by atoms with E-state index in [9.17, 15) is 9.67 Å². The fourth-order valence-corrected chi connectivity index (χ4v) is 2.51.